The molecule has 1 aromatic heterocycles. The molecule has 0 amide bonds. The molecule has 0 saturated carbocycles. The zero-order valence-electron chi connectivity index (χ0n) is 16.0. The number of carbonyl (C=O) groups is 1. The molecule has 1 N–H and O–H groups in total. The van der Waals surface area contributed by atoms with Crippen LogP contribution in [0.1, 0.15) is 18.1 Å². The van der Waals surface area contributed by atoms with Gasteiger partial charge in [0, 0.05) is 12.6 Å². The quantitative estimate of drug-likeness (QED) is 0.635. The van der Waals surface area contributed by atoms with Gasteiger partial charge in [0.25, 0.3) is 0 Å². The Labute approximate surface area is 167 Å². The maximum atomic E-state index is 14.2. The largest absolute Gasteiger partial charge is 0.380 e. The molecule has 0 radical (unpaired) electrons. The van der Waals surface area contributed by atoms with Crippen LogP contribution in [0.4, 0.5) is 14.5 Å². The average molecular weight is 395 g/mol. The first-order valence-electron chi connectivity index (χ1n) is 8.91. The molecule has 1 atom stereocenters. The summed E-state index contributed by atoms with van der Waals surface area (Å²) >= 11 is 0. The van der Waals surface area contributed by atoms with Crippen molar-refractivity contribution in [2.24, 2.45) is 0 Å². The van der Waals surface area contributed by atoms with Crippen LogP contribution in [0.3, 0.4) is 0 Å². The summed E-state index contributed by atoms with van der Waals surface area (Å²) in [5.74, 6) is -1.66. The second-order valence-corrected chi connectivity index (χ2v) is 7.14. The minimum absolute atomic E-state index is 0.0271. The molecular weight excluding hydrogens is 376 g/mol. The maximum Gasteiger partial charge on any atom is 0.240 e. The summed E-state index contributed by atoms with van der Waals surface area (Å²) in [6.07, 6.45) is 1.35. The molecule has 0 aliphatic rings. The smallest absolute Gasteiger partial charge is 0.240 e. The number of aliphatic hydroxyl groups is 1. The van der Waals surface area contributed by atoms with Crippen molar-refractivity contribution < 1.29 is 18.7 Å². The molecule has 0 aliphatic carbocycles. The Morgan fingerprint density at radius 1 is 1.24 bits per heavy atom. The molecule has 7 heteroatoms. The summed E-state index contributed by atoms with van der Waals surface area (Å²) in [7, 11) is 0. The number of hydrogen-bond acceptors (Lipinski definition) is 3. The van der Waals surface area contributed by atoms with E-state index in [1.54, 1.807) is 25.1 Å². The van der Waals surface area contributed by atoms with Gasteiger partial charge < -0.3 is 5.11 Å². The third-order valence-corrected chi connectivity index (χ3v) is 4.69. The number of halogens is 2. The van der Waals surface area contributed by atoms with Crippen molar-refractivity contribution in [2.75, 3.05) is 0 Å². The Bertz CT molecular complexity index is 1100. The van der Waals surface area contributed by atoms with Gasteiger partial charge in [-0.3, -0.25) is 9.48 Å². The van der Waals surface area contributed by atoms with E-state index in [4.69, 9.17) is 6.57 Å². The highest BCUT2D eigenvalue weighted by molar-refractivity contribution is 5.88. The van der Waals surface area contributed by atoms with Crippen molar-refractivity contribution in [3.8, 4) is 11.1 Å². The second-order valence-electron chi connectivity index (χ2n) is 7.14. The van der Waals surface area contributed by atoms with Gasteiger partial charge in [0.1, 0.15) is 11.4 Å². The van der Waals surface area contributed by atoms with Gasteiger partial charge >= 0.3 is 0 Å². The molecule has 0 saturated heterocycles. The average Bonchev–Trinajstić information content (AvgIpc) is 3.02. The van der Waals surface area contributed by atoms with Crippen LogP contribution < -0.4 is 0 Å². The van der Waals surface area contributed by atoms with Gasteiger partial charge in [-0.15, -0.1) is 5.10 Å². The lowest BCUT2D eigenvalue weighted by molar-refractivity contribution is -0.136. The van der Waals surface area contributed by atoms with Crippen molar-refractivity contribution in [2.45, 2.75) is 32.4 Å². The SMILES string of the molecule is [C-]#[N+]c1ccc(CC(=O)[C@@](C)(O)Cn2cc(-c3ccc(F)cc3)c(F)n2)cc1C. The molecule has 0 aliphatic heterocycles. The lowest BCUT2D eigenvalue weighted by atomic mass is 9.94. The number of nitrogens with zero attached hydrogens (tertiary/aromatic N) is 3. The first kappa shape index (κ1) is 20.4. The predicted molar refractivity (Wildman–Crippen MR) is 104 cm³/mol. The second kappa shape index (κ2) is 7.94. The summed E-state index contributed by atoms with van der Waals surface area (Å²) < 4.78 is 28.5. The van der Waals surface area contributed by atoms with Crippen LogP contribution in [0.15, 0.2) is 48.7 Å². The van der Waals surface area contributed by atoms with Crippen molar-refractivity contribution in [1.29, 1.82) is 0 Å². The maximum absolute atomic E-state index is 14.2. The Kier molecular flexibility index (Phi) is 5.57. The minimum atomic E-state index is -1.77. The summed E-state index contributed by atoms with van der Waals surface area (Å²) in [4.78, 5) is 16.0. The zero-order valence-corrected chi connectivity index (χ0v) is 16.0. The van der Waals surface area contributed by atoms with Gasteiger partial charge in [0.05, 0.1) is 18.7 Å². The van der Waals surface area contributed by atoms with Crippen LogP contribution in [-0.4, -0.2) is 26.3 Å². The summed E-state index contributed by atoms with van der Waals surface area (Å²) in [5.41, 5.74) is 0.760. The molecule has 0 unspecified atom stereocenters. The Morgan fingerprint density at radius 3 is 2.55 bits per heavy atom. The highest BCUT2D eigenvalue weighted by Gasteiger charge is 2.31. The topological polar surface area (TPSA) is 59.5 Å². The molecule has 3 rings (SSSR count). The first-order chi connectivity index (χ1) is 13.7. The predicted octanol–water partition coefficient (Wildman–Crippen LogP) is 4.25. The van der Waals surface area contributed by atoms with Crippen molar-refractivity contribution in [3.05, 3.63) is 83.0 Å². The Balaban J connectivity index is 1.76. The number of hydrogen-bond donors (Lipinski definition) is 1. The van der Waals surface area contributed by atoms with Crippen LogP contribution in [0.5, 0.6) is 0 Å². The number of ketones is 1. The van der Waals surface area contributed by atoms with E-state index in [1.165, 1.54) is 42.1 Å². The van der Waals surface area contributed by atoms with Crippen LogP contribution in [0, 0.1) is 25.3 Å². The fourth-order valence-electron chi connectivity index (χ4n) is 3.03. The number of rotatable bonds is 6. The van der Waals surface area contributed by atoms with Crippen LogP contribution in [0.2, 0.25) is 0 Å². The monoisotopic (exact) mass is 395 g/mol. The van der Waals surface area contributed by atoms with Crippen LogP contribution in [-0.2, 0) is 17.8 Å². The standard InChI is InChI=1S/C22H19F2N3O2/c1-14-10-15(4-9-19(14)25-3)11-20(28)22(2,29)13-27-12-18(21(24)26-27)16-5-7-17(23)8-6-16/h4-10,12,29H,11,13H2,1-2H3/t22-/m0/s1. The molecule has 148 valence electrons. The molecule has 0 bridgehead atoms. The van der Waals surface area contributed by atoms with E-state index in [-0.39, 0.29) is 18.5 Å². The molecular formula is C22H19F2N3O2. The van der Waals surface area contributed by atoms with Gasteiger partial charge in [-0.2, -0.15) is 4.39 Å². The lowest BCUT2D eigenvalue weighted by Crippen LogP contribution is -2.41. The molecule has 5 nitrogen and oxygen atoms in total. The van der Waals surface area contributed by atoms with E-state index in [0.29, 0.717) is 16.8 Å². The highest BCUT2D eigenvalue weighted by Crippen LogP contribution is 2.24. The summed E-state index contributed by atoms with van der Waals surface area (Å²) in [5, 5.41) is 14.4. The van der Waals surface area contributed by atoms with Crippen molar-refractivity contribution >= 4 is 11.5 Å². The third kappa shape index (κ3) is 4.55. The minimum Gasteiger partial charge on any atom is -0.380 e. The number of benzene rings is 2. The number of aromatic nitrogens is 2. The van der Waals surface area contributed by atoms with Gasteiger partial charge in [-0.1, -0.05) is 30.3 Å². The van der Waals surface area contributed by atoms with Crippen molar-refractivity contribution in [1.82, 2.24) is 9.78 Å². The Morgan fingerprint density at radius 2 is 1.93 bits per heavy atom. The zero-order chi connectivity index (χ0) is 21.2. The van der Waals surface area contributed by atoms with E-state index >= 15 is 0 Å². The summed E-state index contributed by atoms with van der Waals surface area (Å²) in [6.45, 7) is 9.97. The molecule has 2 aromatic carbocycles. The van der Waals surface area contributed by atoms with E-state index < -0.39 is 23.1 Å². The Hall–Kier alpha value is -3.37. The molecule has 3 aromatic rings. The van der Waals surface area contributed by atoms with Gasteiger partial charge in [0.2, 0.25) is 5.95 Å². The van der Waals surface area contributed by atoms with E-state index in [1.807, 2.05) is 0 Å². The number of Topliss-reactive ketones (excluding diaryl/α,β-unsaturated/α-hetero) is 1. The van der Waals surface area contributed by atoms with Gasteiger partial charge in [0.15, 0.2) is 11.5 Å². The van der Waals surface area contributed by atoms with Gasteiger partial charge in [-0.05, 0) is 42.7 Å². The van der Waals surface area contributed by atoms with Gasteiger partial charge in [-0.25, -0.2) is 9.24 Å². The van der Waals surface area contributed by atoms with E-state index in [2.05, 4.69) is 9.94 Å². The first-order valence-corrected chi connectivity index (χ1v) is 8.91. The summed E-state index contributed by atoms with van der Waals surface area (Å²) in [6, 6.07) is 10.3. The molecule has 1 heterocycles. The molecule has 29 heavy (non-hydrogen) atoms. The molecule has 0 spiro atoms. The number of aryl methyl sites for hydroxylation is 1. The third-order valence-electron chi connectivity index (χ3n) is 4.69. The van der Waals surface area contributed by atoms with E-state index in [9.17, 15) is 18.7 Å². The fraction of sp³-hybridized carbons (Fsp3) is 0.227. The van der Waals surface area contributed by atoms with Crippen molar-refractivity contribution in [3.63, 3.8) is 0 Å². The van der Waals surface area contributed by atoms with Crippen LogP contribution >= 0.6 is 0 Å². The number of carbonyl (C=O) groups excluding carboxylic acids is 1. The fourth-order valence-corrected chi connectivity index (χ4v) is 3.03. The molecule has 0 fully saturated rings. The van der Waals surface area contributed by atoms with E-state index in [0.717, 1.165) is 5.56 Å². The normalized spacial score (nSPS) is 13.0. The lowest BCUT2D eigenvalue weighted by Gasteiger charge is -2.22. The highest BCUT2D eigenvalue weighted by atomic mass is 19.1. The van der Waals surface area contributed by atoms with Crippen LogP contribution in [0.25, 0.3) is 16.0 Å².